The summed E-state index contributed by atoms with van der Waals surface area (Å²) in [6.07, 6.45) is 3.71. The maximum Gasteiger partial charge on any atom is 0.0928 e. The molecule has 64 valence electrons. The molecule has 0 radical (unpaired) electrons. The normalized spacial score (nSPS) is 22.6. The van der Waals surface area contributed by atoms with E-state index in [-0.39, 0.29) is 0 Å². The van der Waals surface area contributed by atoms with E-state index in [1.165, 1.54) is 6.26 Å². The highest BCUT2D eigenvalue weighted by Crippen LogP contribution is 2.29. The van der Waals surface area contributed by atoms with Crippen molar-refractivity contribution in [2.24, 2.45) is 5.41 Å². The molecule has 2 heteroatoms. The Morgan fingerprint density at radius 1 is 1.55 bits per heavy atom. The highest BCUT2D eigenvalue weighted by atomic mass is 16.5. The van der Waals surface area contributed by atoms with E-state index in [0.29, 0.717) is 5.41 Å². The predicted molar refractivity (Wildman–Crippen MR) is 44.3 cm³/mol. The molecule has 1 aliphatic heterocycles. The van der Waals surface area contributed by atoms with Crippen LogP contribution in [0.25, 0.3) is 0 Å². The summed E-state index contributed by atoms with van der Waals surface area (Å²) in [7, 11) is 0. The van der Waals surface area contributed by atoms with Crippen LogP contribution < -0.4 is 0 Å². The Balaban J connectivity index is 2.30. The van der Waals surface area contributed by atoms with Crippen LogP contribution in [0.3, 0.4) is 0 Å². The van der Waals surface area contributed by atoms with Crippen LogP contribution in [0.15, 0.2) is 12.8 Å². The largest absolute Gasteiger partial charge is 0.501 e. The first-order valence-electron chi connectivity index (χ1n) is 4.07. The smallest absolute Gasteiger partial charge is 0.0928 e. The van der Waals surface area contributed by atoms with Crippen LogP contribution >= 0.6 is 0 Å². The SMILES string of the molecule is C=COCC1(C)CCOCC1. The van der Waals surface area contributed by atoms with Crippen molar-refractivity contribution in [2.45, 2.75) is 19.8 Å². The molecule has 1 fully saturated rings. The second-order valence-corrected chi connectivity index (χ2v) is 3.40. The molecule has 1 aliphatic rings. The molecule has 1 heterocycles. The minimum atomic E-state index is 0.312. The molecule has 0 aromatic rings. The van der Waals surface area contributed by atoms with Gasteiger partial charge in [0.25, 0.3) is 0 Å². The summed E-state index contributed by atoms with van der Waals surface area (Å²) in [6, 6.07) is 0. The monoisotopic (exact) mass is 156 g/mol. The van der Waals surface area contributed by atoms with E-state index in [0.717, 1.165) is 32.7 Å². The number of hydrogen-bond donors (Lipinski definition) is 0. The number of rotatable bonds is 3. The summed E-state index contributed by atoms with van der Waals surface area (Å²) in [5.74, 6) is 0. The van der Waals surface area contributed by atoms with E-state index in [9.17, 15) is 0 Å². The minimum absolute atomic E-state index is 0.312. The highest BCUT2D eigenvalue weighted by Gasteiger charge is 2.27. The molecule has 0 aromatic heterocycles. The fourth-order valence-electron chi connectivity index (χ4n) is 1.27. The summed E-state index contributed by atoms with van der Waals surface area (Å²) >= 11 is 0. The van der Waals surface area contributed by atoms with Crippen molar-refractivity contribution >= 4 is 0 Å². The minimum Gasteiger partial charge on any atom is -0.501 e. The van der Waals surface area contributed by atoms with E-state index in [1.807, 2.05) is 0 Å². The Hall–Kier alpha value is -0.500. The van der Waals surface area contributed by atoms with Crippen LogP contribution in [0.1, 0.15) is 19.8 Å². The number of ether oxygens (including phenoxy) is 2. The van der Waals surface area contributed by atoms with Crippen LogP contribution in [0.2, 0.25) is 0 Å². The van der Waals surface area contributed by atoms with Gasteiger partial charge in [-0.05, 0) is 12.8 Å². The third-order valence-electron chi connectivity index (χ3n) is 2.25. The van der Waals surface area contributed by atoms with Gasteiger partial charge in [0.1, 0.15) is 0 Å². The molecule has 0 spiro atoms. The molecule has 0 aromatic carbocycles. The van der Waals surface area contributed by atoms with E-state index in [4.69, 9.17) is 9.47 Å². The van der Waals surface area contributed by atoms with Gasteiger partial charge in [0.05, 0.1) is 12.9 Å². The van der Waals surface area contributed by atoms with Gasteiger partial charge in [0.2, 0.25) is 0 Å². The quantitative estimate of drug-likeness (QED) is 0.581. The Morgan fingerprint density at radius 2 is 2.18 bits per heavy atom. The van der Waals surface area contributed by atoms with Gasteiger partial charge >= 0.3 is 0 Å². The van der Waals surface area contributed by atoms with Gasteiger partial charge < -0.3 is 9.47 Å². The Morgan fingerprint density at radius 3 is 2.73 bits per heavy atom. The lowest BCUT2D eigenvalue weighted by atomic mass is 9.83. The molecule has 0 unspecified atom stereocenters. The summed E-state index contributed by atoms with van der Waals surface area (Å²) in [6.45, 7) is 8.28. The second-order valence-electron chi connectivity index (χ2n) is 3.40. The van der Waals surface area contributed by atoms with E-state index < -0.39 is 0 Å². The summed E-state index contributed by atoms with van der Waals surface area (Å²) < 4.78 is 10.4. The third-order valence-corrected chi connectivity index (χ3v) is 2.25. The van der Waals surface area contributed by atoms with Gasteiger partial charge in [-0.15, -0.1) is 0 Å². The lowest BCUT2D eigenvalue weighted by Crippen LogP contribution is -2.30. The van der Waals surface area contributed by atoms with E-state index >= 15 is 0 Å². The van der Waals surface area contributed by atoms with Crippen molar-refractivity contribution in [1.29, 1.82) is 0 Å². The zero-order valence-electron chi connectivity index (χ0n) is 7.14. The molecule has 0 N–H and O–H groups in total. The van der Waals surface area contributed by atoms with Crippen molar-refractivity contribution in [2.75, 3.05) is 19.8 Å². The van der Waals surface area contributed by atoms with Gasteiger partial charge in [-0.25, -0.2) is 0 Å². The number of hydrogen-bond acceptors (Lipinski definition) is 2. The summed E-state index contributed by atoms with van der Waals surface area (Å²) in [5.41, 5.74) is 0.312. The third kappa shape index (κ3) is 2.54. The Kier molecular flexibility index (Phi) is 2.94. The molecule has 1 rings (SSSR count). The molecule has 0 aliphatic carbocycles. The molecule has 2 nitrogen and oxygen atoms in total. The first kappa shape index (κ1) is 8.60. The molecular formula is C9H16O2. The van der Waals surface area contributed by atoms with Gasteiger partial charge in [-0.1, -0.05) is 13.5 Å². The van der Waals surface area contributed by atoms with Gasteiger partial charge in [0.15, 0.2) is 0 Å². The van der Waals surface area contributed by atoms with Gasteiger partial charge in [-0.2, -0.15) is 0 Å². The average molecular weight is 156 g/mol. The molecule has 0 bridgehead atoms. The molecule has 0 amide bonds. The van der Waals surface area contributed by atoms with Crippen molar-refractivity contribution in [3.8, 4) is 0 Å². The fourth-order valence-corrected chi connectivity index (χ4v) is 1.27. The second kappa shape index (κ2) is 3.77. The average Bonchev–Trinajstić information content (AvgIpc) is 2.03. The maximum absolute atomic E-state index is 5.26. The first-order chi connectivity index (χ1) is 5.27. The van der Waals surface area contributed by atoms with Crippen molar-refractivity contribution in [1.82, 2.24) is 0 Å². The standard InChI is InChI=1S/C9H16O2/c1-3-10-8-9(2)4-6-11-7-5-9/h3H,1,4-8H2,2H3. The first-order valence-corrected chi connectivity index (χ1v) is 4.07. The fraction of sp³-hybridized carbons (Fsp3) is 0.778. The summed E-state index contributed by atoms with van der Waals surface area (Å²) in [4.78, 5) is 0. The van der Waals surface area contributed by atoms with E-state index in [2.05, 4.69) is 13.5 Å². The van der Waals surface area contributed by atoms with Gasteiger partial charge in [0, 0.05) is 18.6 Å². The van der Waals surface area contributed by atoms with E-state index in [1.54, 1.807) is 0 Å². The Labute approximate surface area is 68.2 Å². The van der Waals surface area contributed by atoms with Crippen LogP contribution in [-0.2, 0) is 9.47 Å². The molecule has 11 heavy (non-hydrogen) atoms. The topological polar surface area (TPSA) is 18.5 Å². The summed E-state index contributed by atoms with van der Waals surface area (Å²) in [5, 5.41) is 0. The zero-order chi connectivity index (χ0) is 8.16. The van der Waals surface area contributed by atoms with Crippen molar-refractivity contribution in [3.05, 3.63) is 12.8 Å². The molecule has 0 atom stereocenters. The predicted octanol–water partition coefficient (Wildman–Crippen LogP) is 1.96. The van der Waals surface area contributed by atoms with Crippen LogP contribution in [-0.4, -0.2) is 19.8 Å². The lowest BCUT2D eigenvalue weighted by molar-refractivity contribution is -0.00897. The lowest BCUT2D eigenvalue weighted by Gasteiger charge is -2.32. The van der Waals surface area contributed by atoms with Crippen LogP contribution in [0.5, 0.6) is 0 Å². The van der Waals surface area contributed by atoms with Crippen LogP contribution in [0.4, 0.5) is 0 Å². The van der Waals surface area contributed by atoms with Crippen LogP contribution in [0, 0.1) is 5.41 Å². The van der Waals surface area contributed by atoms with Crippen molar-refractivity contribution < 1.29 is 9.47 Å². The maximum atomic E-state index is 5.26. The van der Waals surface area contributed by atoms with Crippen molar-refractivity contribution in [3.63, 3.8) is 0 Å². The molecule has 1 saturated heterocycles. The zero-order valence-corrected chi connectivity index (χ0v) is 7.14. The molecule has 0 saturated carbocycles. The Bertz CT molecular complexity index is 126. The molecular weight excluding hydrogens is 140 g/mol. The highest BCUT2D eigenvalue weighted by molar-refractivity contribution is 4.77. The van der Waals surface area contributed by atoms with Gasteiger partial charge in [-0.3, -0.25) is 0 Å².